The van der Waals surface area contributed by atoms with Crippen LogP contribution in [0.15, 0.2) is 53.4 Å². The molecule has 0 spiro atoms. The van der Waals surface area contributed by atoms with Crippen LogP contribution in [-0.2, 0) is 19.6 Å². The molecule has 0 fully saturated rings. The number of aliphatic hydroxyl groups is 1. The van der Waals surface area contributed by atoms with Gasteiger partial charge in [0.1, 0.15) is 0 Å². The monoisotopic (exact) mass is 415 g/mol. The molecular formula is C20H19N2O6S. The highest BCUT2D eigenvalue weighted by Crippen LogP contribution is 2.18. The van der Waals surface area contributed by atoms with Gasteiger partial charge in [-0.1, -0.05) is 29.5 Å². The third-order valence-corrected chi connectivity index (χ3v) is 5.82. The first-order chi connectivity index (χ1) is 13.8. The molecule has 0 aliphatic carbocycles. The largest absolute Gasteiger partial charge is 0.395 e. The van der Waals surface area contributed by atoms with Crippen molar-refractivity contribution in [2.24, 2.45) is 0 Å². The fourth-order valence-electron chi connectivity index (χ4n) is 2.42. The van der Waals surface area contributed by atoms with Gasteiger partial charge in [0.15, 0.2) is 6.04 Å². The molecule has 0 aromatic heterocycles. The Hall–Kier alpha value is -3.03. The third kappa shape index (κ3) is 5.49. The van der Waals surface area contributed by atoms with Crippen LogP contribution >= 0.6 is 0 Å². The van der Waals surface area contributed by atoms with Gasteiger partial charge in [0, 0.05) is 17.7 Å². The van der Waals surface area contributed by atoms with Crippen LogP contribution in [0.1, 0.15) is 16.7 Å². The SMILES string of the molecule is Cc1ccc(C#Cc2ccc(S(=O)(=O)N(CCO)[C@@H]([C]=O)C(=O)NO)cc2)cc1. The van der Waals surface area contributed by atoms with E-state index in [2.05, 4.69) is 11.8 Å². The van der Waals surface area contributed by atoms with Crippen LogP contribution < -0.4 is 5.48 Å². The Bertz CT molecular complexity index is 1020. The molecule has 0 bridgehead atoms. The molecule has 0 aliphatic rings. The van der Waals surface area contributed by atoms with E-state index in [1.54, 1.807) is 0 Å². The van der Waals surface area contributed by atoms with Gasteiger partial charge in [-0.05, 0) is 43.3 Å². The zero-order valence-corrected chi connectivity index (χ0v) is 16.3. The Kier molecular flexibility index (Phi) is 7.64. The summed E-state index contributed by atoms with van der Waals surface area (Å²) in [6, 6.07) is 11.2. The maximum Gasteiger partial charge on any atom is 0.269 e. The van der Waals surface area contributed by atoms with Crippen molar-refractivity contribution in [3.63, 3.8) is 0 Å². The van der Waals surface area contributed by atoms with Crippen LogP contribution in [0.25, 0.3) is 0 Å². The van der Waals surface area contributed by atoms with Crippen molar-refractivity contribution in [2.45, 2.75) is 17.9 Å². The topological polar surface area (TPSA) is 124 Å². The van der Waals surface area contributed by atoms with Crippen molar-refractivity contribution < 1.29 is 28.3 Å². The van der Waals surface area contributed by atoms with E-state index < -0.39 is 35.1 Å². The number of nitrogens with one attached hydrogen (secondary N) is 1. The van der Waals surface area contributed by atoms with Gasteiger partial charge in [0.2, 0.25) is 16.3 Å². The van der Waals surface area contributed by atoms with Gasteiger partial charge in [0.05, 0.1) is 11.5 Å². The Balaban J connectivity index is 2.31. The minimum Gasteiger partial charge on any atom is -0.395 e. The van der Waals surface area contributed by atoms with Gasteiger partial charge < -0.3 is 5.11 Å². The van der Waals surface area contributed by atoms with Crippen molar-refractivity contribution in [1.29, 1.82) is 0 Å². The molecule has 0 heterocycles. The van der Waals surface area contributed by atoms with Crippen LogP contribution in [0.4, 0.5) is 0 Å². The van der Waals surface area contributed by atoms with Crippen molar-refractivity contribution in [3.8, 4) is 11.8 Å². The smallest absolute Gasteiger partial charge is 0.269 e. The van der Waals surface area contributed by atoms with E-state index in [0.29, 0.717) is 9.87 Å². The molecular weight excluding hydrogens is 396 g/mol. The lowest BCUT2D eigenvalue weighted by atomic mass is 10.1. The van der Waals surface area contributed by atoms with Crippen LogP contribution in [0.5, 0.6) is 0 Å². The molecule has 3 N–H and O–H groups in total. The van der Waals surface area contributed by atoms with E-state index in [0.717, 1.165) is 11.1 Å². The summed E-state index contributed by atoms with van der Waals surface area (Å²) in [4.78, 5) is 22.5. The fraction of sp³-hybridized carbons (Fsp3) is 0.200. The normalized spacial score (nSPS) is 12.0. The number of hydrogen-bond donors (Lipinski definition) is 3. The Morgan fingerprint density at radius 3 is 2.03 bits per heavy atom. The molecule has 2 rings (SSSR count). The van der Waals surface area contributed by atoms with Crippen LogP contribution in [0.3, 0.4) is 0 Å². The van der Waals surface area contributed by atoms with E-state index in [1.165, 1.54) is 36.0 Å². The molecule has 2 aromatic rings. The minimum absolute atomic E-state index is 0.210. The number of carbonyl (C=O) groups is 1. The summed E-state index contributed by atoms with van der Waals surface area (Å²) >= 11 is 0. The summed E-state index contributed by atoms with van der Waals surface area (Å²) < 4.78 is 26.1. The second-order valence-electron chi connectivity index (χ2n) is 5.98. The first kappa shape index (κ1) is 22.3. The summed E-state index contributed by atoms with van der Waals surface area (Å²) in [7, 11) is -4.33. The Labute approximate surface area is 168 Å². The first-order valence-corrected chi connectivity index (χ1v) is 9.90. The Morgan fingerprint density at radius 1 is 1.07 bits per heavy atom. The maximum atomic E-state index is 12.8. The number of hydroxylamine groups is 1. The standard InChI is InChI=1S/C20H19N2O6S/c1-15-2-4-16(5-3-15)6-7-17-8-10-18(11-9-17)29(27,28)22(12-13-23)19(14-24)20(25)21-26/h2-5,8-11,19,23,26H,12-13H2,1H3,(H,21,25)/t19-/m0/s1. The molecule has 0 saturated carbocycles. The number of rotatable bonds is 7. The second kappa shape index (κ2) is 9.95. The number of sulfonamides is 1. The predicted octanol–water partition coefficient (Wildman–Crippen LogP) is 0.362. The van der Waals surface area contributed by atoms with Gasteiger partial charge >= 0.3 is 0 Å². The summed E-state index contributed by atoms with van der Waals surface area (Å²) in [5.41, 5.74) is 3.69. The van der Waals surface area contributed by atoms with Crippen molar-refractivity contribution in [1.82, 2.24) is 9.79 Å². The van der Waals surface area contributed by atoms with E-state index in [1.807, 2.05) is 31.2 Å². The first-order valence-electron chi connectivity index (χ1n) is 8.46. The quantitative estimate of drug-likeness (QED) is 0.260. The average molecular weight is 415 g/mol. The van der Waals surface area contributed by atoms with Gasteiger partial charge in [-0.2, -0.15) is 4.31 Å². The lowest BCUT2D eigenvalue weighted by Crippen LogP contribution is -2.50. The zero-order chi connectivity index (χ0) is 21.4. The maximum absolute atomic E-state index is 12.8. The third-order valence-electron chi connectivity index (χ3n) is 3.94. The summed E-state index contributed by atoms with van der Waals surface area (Å²) in [6.07, 6.45) is 1.26. The number of hydrogen-bond acceptors (Lipinski definition) is 6. The molecule has 8 nitrogen and oxygen atoms in total. The highest BCUT2D eigenvalue weighted by Gasteiger charge is 2.36. The number of benzene rings is 2. The van der Waals surface area contributed by atoms with E-state index in [4.69, 9.17) is 10.3 Å². The van der Waals surface area contributed by atoms with Gasteiger partial charge in [-0.3, -0.25) is 14.8 Å². The van der Waals surface area contributed by atoms with Gasteiger partial charge in [-0.15, -0.1) is 0 Å². The predicted molar refractivity (Wildman–Crippen MR) is 104 cm³/mol. The molecule has 0 saturated heterocycles. The number of amides is 1. The molecule has 1 atom stereocenters. The van der Waals surface area contributed by atoms with Crippen molar-refractivity contribution >= 4 is 22.2 Å². The van der Waals surface area contributed by atoms with Gasteiger partial charge in [0.25, 0.3) is 5.91 Å². The van der Waals surface area contributed by atoms with E-state index >= 15 is 0 Å². The number of carbonyl (C=O) groups excluding carboxylic acids is 2. The highest BCUT2D eigenvalue weighted by molar-refractivity contribution is 7.89. The molecule has 29 heavy (non-hydrogen) atoms. The lowest BCUT2D eigenvalue weighted by Gasteiger charge is -2.24. The Morgan fingerprint density at radius 2 is 1.59 bits per heavy atom. The molecule has 9 heteroatoms. The summed E-state index contributed by atoms with van der Waals surface area (Å²) in [6.45, 7) is 0.786. The number of aliphatic hydroxyl groups excluding tert-OH is 1. The molecule has 151 valence electrons. The minimum atomic E-state index is -4.33. The summed E-state index contributed by atoms with van der Waals surface area (Å²) in [5, 5.41) is 17.9. The summed E-state index contributed by atoms with van der Waals surface area (Å²) in [5.74, 6) is 4.60. The number of aryl methyl sites for hydroxylation is 1. The highest BCUT2D eigenvalue weighted by atomic mass is 32.2. The molecule has 0 aliphatic heterocycles. The number of nitrogens with zero attached hydrogens (tertiary/aromatic N) is 1. The van der Waals surface area contributed by atoms with Gasteiger partial charge in [-0.25, -0.2) is 13.9 Å². The van der Waals surface area contributed by atoms with E-state index in [9.17, 15) is 18.0 Å². The van der Waals surface area contributed by atoms with E-state index in [-0.39, 0.29) is 4.90 Å². The molecule has 2 aromatic carbocycles. The van der Waals surface area contributed by atoms with Crippen molar-refractivity contribution in [3.05, 3.63) is 65.2 Å². The molecule has 1 amide bonds. The average Bonchev–Trinajstić information content (AvgIpc) is 2.73. The lowest BCUT2D eigenvalue weighted by molar-refractivity contribution is -0.131. The van der Waals surface area contributed by atoms with Crippen LogP contribution in [-0.4, -0.2) is 54.4 Å². The molecule has 0 unspecified atom stereocenters. The van der Waals surface area contributed by atoms with Crippen LogP contribution in [0.2, 0.25) is 0 Å². The van der Waals surface area contributed by atoms with Crippen molar-refractivity contribution in [2.75, 3.05) is 13.2 Å². The van der Waals surface area contributed by atoms with Crippen LogP contribution in [0, 0.1) is 18.8 Å². The second-order valence-corrected chi connectivity index (χ2v) is 7.87. The fourth-order valence-corrected chi connectivity index (χ4v) is 3.91. The zero-order valence-electron chi connectivity index (χ0n) is 15.5. The molecule has 1 radical (unpaired) electrons.